The van der Waals surface area contributed by atoms with Crippen LogP contribution in [-0.4, -0.2) is 39.6 Å². The molecule has 33 heavy (non-hydrogen) atoms. The topological polar surface area (TPSA) is 88.7 Å². The number of amides is 1. The second-order valence-corrected chi connectivity index (χ2v) is 9.09. The fraction of sp³-hybridized carbons (Fsp3) is 0.280. The summed E-state index contributed by atoms with van der Waals surface area (Å²) in [6, 6.07) is 16.7. The molecule has 1 aliphatic heterocycles. The van der Waals surface area contributed by atoms with Gasteiger partial charge < -0.3 is 20.5 Å². The van der Waals surface area contributed by atoms with Gasteiger partial charge in [-0.1, -0.05) is 59.6 Å². The lowest BCUT2D eigenvalue weighted by atomic mass is 9.85. The highest BCUT2D eigenvalue weighted by molar-refractivity contribution is 6.35. The molecule has 172 valence electrons. The minimum absolute atomic E-state index is 0.0955. The fourth-order valence-corrected chi connectivity index (χ4v) is 4.48. The Morgan fingerprint density at radius 1 is 1.09 bits per heavy atom. The van der Waals surface area contributed by atoms with Crippen molar-refractivity contribution < 1.29 is 14.6 Å². The third kappa shape index (κ3) is 5.58. The maximum absolute atomic E-state index is 13.1. The van der Waals surface area contributed by atoms with E-state index in [2.05, 4.69) is 4.98 Å². The predicted octanol–water partition coefficient (Wildman–Crippen LogP) is 4.76. The van der Waals surface area contributed by atoms with Crippen LogP contribution in [0.4, 0.5) is 5.82 Å². The maximum Gasteiger partial charge on any atom is 0.255 e. The van der Waals surface area contributed by atoms with Crippen LogP contribution in [0.2, 0.25) is 10.0 Å². The van der Waals surface area contributed by atoms with Crippen molar-refractivity contribution in [2.75, 3.05) is 18.8 Å². The molecule has 1 aromatic heterocycles. The molecule has 6 nitrogen and oxygen atoms in total. The van der Waals surface area contributed by atoms with Gasteiger partial charge in [-0.3, -0.25) is 4.79 Å². The van der Waals surface area contributed by atoms with Gasteiger partial charge in [0.25, 0.3) is 5.91 Å². The van der Waals surface area contributed by atoms with Crippen LogP contribution in [0.15, 0.2) is 60.8 Å². The zero-order valence-corrected chi connectivity index (χ0v) is 19.5. The van der Waals surface area contributed by atoms with Crippen molar-refractivity contribution in [2.24, 2.45) is 0 Å². The first-order chi connectivity index (χ1) is 15.8. The molecular weight excluding hydrogens is 461 g/mol. The quantitative estimate of drug-likeness (QED) is 0.525. The van der Waals surface area contributed by atoms with Gasteiger partial charge in [0.05, 0.1) is 11.2 Å². The smallest absolute Gasteiger partial charge is 0.255 e. The van der Waals surface area contributed by atoms with Gasteiger partial charge in [0.1, 0.15) is 6.61 Å². The number of rotatable bonds is 6. The van der Waals surface area contributed by atoms with Crippen LogP contribution in [0.3, 0.4) is 0 Å². The van der Waals surface area contributed by atoms with Crippen LogP contribution >= 0.6 is 23.2 Å². The monoisotopic (exact) mass is 485 g/mol. The van der Waals surface area contributed by atoms with Crippen molar-refractivity contribution in [2.45, 2.75) is 31.5 Å². The molecule has 0 radical (unpaired) electrons. The van der Waals surface area contributed by atoms with Gasteiger partial charge in [-0.15, -0.1) is 0 Å². The number of aromatic nitrogens is 1. The number of halogens is 2. The molecule has 3 N–H and O–H groups in total. The number of hydrogen-bond donors (Lipinski definition) is 2. The highest BCUT2D eigenvalue weighted by atomic mass is 35.5. The SMILES string of the molecule is Nc1ncc(C(=O)N2CCC(O)(Cc3ccccc3)CC2)cc1OCc1c(Cl)cccc1Cl. The Hall–Kier alpha value is -2.80. The van der Waals surface area contributed by atoms with Crippen LogP contribution < -0.4 is 10.5 Å². The first-order valence-corrected chi connectivity index (χ1v) is 11.5. The molecule has 0 bridgehead atoms. The number of hydrogen-bond acceptors (Lipinski definition) is 5. The largest absolute Gasteiger partial charge is 0.485 e. The Labute approximate surface area is 202 Å². The third-order valence-electron chi connectivity index (χ3n) is 5.92. The summed E-state index contributed by atoms with van der Waals surface area (Å²) in [5.74, 6) is 0.282. The van der Waals surface area contributed by atoms with E-state index >= 15 is 0 Å². The number of carbonyl (C=O) groups excluding carboxylic acids is 1. The molecule has 0 unspecified atom stereocenters. The molecule has 1 aliphatic rings. The van der Waals surface area contributed by atoms with Gasteiger partial charge in [0, 0.05) is 41.3 Å². The van der Waals surface area contributed by atoms with Crippen LogP contribution in [0, 0.1) is 0 Å². The van der Waals surface area contributed by atoms with Gasteiger partial charge in [0.15, 0.2) is 11.6 Å². The van der Waals surface area contributed by atoms with Crippen molar-refractivity contribution in [1.82, 2.24) is 9.88 Å². The highest BCUT2D eigenvalue weighted by Gasteiger charge is 2.34. The summed E-state index contributed by atoms with van der Waals surface area (Å²) < 4.78 is 5.80. The summed E-state index contributed by atoms with van der Waals surface area (Å²) in [6.45, 7) is 1.01. The Kier molecular flexibility index (Phi) is 7.08. The van der Waals surface area contributed by atoms with E-state index in [1.807, 2.05) is 30.3 Å². The lowest BCUT2D eigenvalue weighted by Gasteiger charge is -2.38. The van der Waals surface area contributed by atoms with Gasteiger partial charge in [0.2, 0.25) is 0 Å². The molecule has 0 spiro atoms. The van der Waals surface area contributed by atoms with Gasteiger partial charge in [-0.2, -0.15) is 0 Å². The number of likely N-dealkylation sites (tertiary alicyclic amines) is 1. The van der Waals surface area contributed by atoms with Crippen molar-refractivity contribution in [3.63, 3.8) is 0 Å². The van der Waals surface area contributed by atoms with E-state index in [-0.39, 0.29) is 24.1 Å². The van der Waals surface area contributed by atoms with Crippen LogP contribution in [-0.2, 0) is 13.0 Å². The van der Waals surface area contributed by atoms with E-state index in [1.165, 1.54) is 6.20 Å². The van der Waals surface area contributed by atoms with E-state index in [4.69, 9.17) is 33.7 Å². The normalized spacial score (nSPS) is 15.3. The second kappa shape index (κ2) is 10.00. The number of nitrogen functional groups attached to an aromatic ring is 1. The van der Waals surface area contributed by atoms with Gasteiger partial charge >= 0.3 is 0 Å². The molecule has 3 aromatic rings. The number of carbonyl (C=O) groups is 1. The molecule has 0 atom stereocenters. The molecule has 4 rings (SSSR count). The summed E-state index contributed by atoms with van der Waals surface area (Å²) in [5.41, 5.74) is 7.23. The molecule has 0 saturated carbocycles. The molecule has 1 fully saturated rings. The number of anilines is 1. The van der Waals surface area contributed by atoms with Crippen LogP contribution in [0.1, 0.15) is 34.3 Å². The van der Waals surface area contributed by atoms with E-state index in [1.54, 1.807) is 29.2 Å². The minimum atomic E-state index is -0.819. The van der Waals surface area contributed by atoms with Crippen molar-refractivity contribution >= 4 is 34.9 Å². The van der Waals surface area contributed by atoms with E-state index < -0.39 is 5.60 Å². The van der Waals surface area contributed by atoms with E-state index in [0.717, 1.165) is 5.56 Å². The third-order valence-corrected chi connectivity index (χ3v) is 6.63. The van der Waals surface area contributed by atoms with Crippen molar-refractivity contribution in [3.05, 3.63) is 87.5 Å². The molecule has 8 heteroatoms. The second-order valence-electron chi connectivity index (χ2n) is 8.28. The van der Waals surface area contributed by atoms with E-state index in [0.29, 0.717) is 53.5 Å². The number of nitrogens with two attached hydrogens (primary N) is 1. The zero-order chi connectivity index (χ0) is 23.4. The molecular formula is C25H25Cl2N3O3. The molecule has 1 saturated heterocycles. The number of ether oxygens (including phenoxy) is 1. The predicted molar refractivity (Wildman–Crippen MR) is 130 cm³/mol. The van der Waals surface area contributed by atoms with Crippen molar-refractivity contribution in [3.8, 4) is 5.75 Å². The molecule has 0 aliphatic carbocycles. The first-order valence-electron chi connectivity index (χ1n) is 10.7. The lowest BCUT2D eigenvalue weighted by Crippen LogP contribution is -2.47. The Morgan fingerprint density at radius 3 is 2.42 bits per heavy atom. The van der Waals surface area contributed by atoms with E-state index in [9.17, 15) is 9.90 Å². The summed E-state index contributed by atoms with van der Waals surface area (Å²) >= 11 is 12.4. The number of pyridine rings is 1. The van der Waals surface area contributed by atoms with Gasteiger partial charge in [-0.25, -0.2) is 4.98 Å². The average molecular weight is 486 g/mol. The minimum Gasteiger partial charge on any atom is -0.485 e. The lowest BCUT2D eigenvalue weighted by molar-refractivity contribution is -0.0162. The first kappa shape index (κ1) is 23.4. The molecule has 2 aromatic carbocycles. The summed E-state index contributed by atoms with van der Waals surface area (Å²) in [4.78, 5) is 18.9. The summed E-state index contributed by atoms with van der Waals surface area (Å²) in [7, 11) is 0. The Balaban J connectivity index is 1.41. The number of aliphatic hydroxyl groups is 1. The van der Waals surface area contributed by atoms with Crippen LogP contribution in [0.25, 0.3) is 0 Å². The number of benzene rings is 2. The number of nitrogens with zero attached hydrogens (tertiary/aromatic N) is 2. The van der Waals surface area contributed by atoms with Crippen LogP contribution in [0.5, 0.6) is 5.75 Å². The van der Waals surface area contributed by atoms with Crippen molar-refractivity contribution in [1.29, 1.82) is 0 Å². The number of piperidine rings is 1. The standard InChI is InChI=1S/C25H25Cl2N3O3/c26-20-7-4-8-21(27)19(20)16-33-22-13-18(15-29-23(22)28)24(31)30-11-9-25(32,10-12-30)14-17-5-2-1-3-6-17/h1-8,13,15,32H,9-12,14,16H2,(H2,28,29). The highest BCUT2D eigenvalue weighted by Crippen LogP contribution is 2.30. The summed E-state index contributed by atoms with van der Waals surface area (Å²) in [5, 5.41) is 12.0. The fourth-order valence-electron chi connectivity index (χ4n) is 3.97. The maximum atomic E-state index is 13.1. The Morgan fingerprint density at radius 2 is 1.76 bits per heavy atom. The molecule has 2 heterocycles. The van der Waals surface area contributed by atoms with Gasteiger partial charge in [-0.05, 0) is 36.6 Å². The summed E-state index contributed by atoms with van der Waals surface area (Å²) in [6.07, 6.45) is 3.02. The zero-order valence-electron chi connectivity index (χ0n) is 18.0. The molecule has 1 amide bonds. The Bertz CT molecular complexity index is 1110. The average Bonchev–Trinajstić information content (AvgIpc) is 2.80.